The minimum Gasteiger partial charge on any atom is -0.346 e. The summed E-state index contributed by atoms with van der Waals surface area (Å²) in [7, 11) is 0. The SMILES string of the molecule is CC(C)CC(N)C(=O)N1CCN(C(=O)CCn2ccc3ccncc32)CC1.Cl.Cl. The van der Waals surface area contributed by atoms with Crippen LogP contribution in [0.25, 0.3) is 10.9 Å². The minimum atomic E-state index is -0.442. The maximum absolute atomic E-state index is 12.6. The molecule has 0 aliphatic carbocycles. The minimum absolute atomic E-state index is 0. The van der Waals surface area contributed by atoms with Gasteiger partial charge in [-0.3, -0.25) is 14.6 Å². The summed E-state index contributed by atoms with van der Waals surface area (Å²) in [4.78, 5) is 32.8. The normalized spacial score (nSPS) is 15.0. The molecule has 1 saturated heterocycles. The van der Waals surface area contributed by atoms with Gasteiger partial charge >= 0.3 is 0 Å². The standard InChI is InChI=1S/C20H29N5O2.2ClH/c1-15(2)13-17(21)20(27)25-11-9-24(10-12-25)19(26)5-8-23-7-4-16-3-6-22-14-18(16)23;;/h3-4,6-7,14-15,17H,5,8-13,21H2,1-2H3;2*1H. The molecule has 29 heavy (non-hydrogen) atoms. The molecule has 2 N–H and O–H groups in total. The molecule has 0 spiro atoms. The van der Waals surface area contributed by atoms with Gasteiger partial charge in [0.1, 0.15) is 0 Å². The number of rotatable bonds is 6. The Labute approximate surface area is 184 Å². The van der Waals surface area contributed by atoms with Crippen LogP contribution in [0, 0.1) is 5.92 Å². The molecule has 1 unspecified atom stereocenters. The van der Waals surface area contributed by atoms with Gasteiger partial charge in [0.05, 0.1) is 17.8 Å². The summed E-state index contributed by atoms with van der Waals surface area (Å²) in [5.41, 5.74) is 7.05. The molecule has 3 heterocycles. The highest BCUT2D eigenvalue weighted by molar-refractivity contribution is 5.85. The molecular formula is C20H31Cl2N5O2. The number of fused-ring (bicyclic) bond motifs is 1. The molecule has 1 aliphatic heterocycles. The lowest BCUT2D eigenvalue weighted by molar-refractivity contribution is -0.140. The number of carbonyl (C=O) groups is 2. The molecule has 1 fully saturated rings. The number of halogens is 2. The topological polar surface area (TPSA) is 84.5 Å². The van der Waals surface area contributed by atoms with Gasteiger partial charge in [0.25, 0.3) is 0 Å². The molecule has 0 radical (unpaired) electrons. The monoisotopic (exact) mass is 443 g/mol. The first-order valence-corrected chi connectivity index (χ1v) is 9.66. The third-order valence-corrected chi connectivity index (χ3v) is 5.13. The zero-order valence-corrected chi connectivity index (χ0v) is 18.6. The Morgan fingerprint density at radius 1 is 1.10 bits per heavy atom. The number of pyridine rings is 1. The number of hydrogen-bond donors (Lipinski definition) is 1. The number of nitrogens with zero attached hydrogens (tertiary/aromatic N) is 4. The highest BCUT2D eigenvalue weighted by atomic mass is 35.5. The van der Waals surface area contributed by atoms with Gasteiger partial charge in [0.15, 0.2) is 0 Å². The molecule has 2 aromatic rings. The Balaban J connectivity index is 0.00000210. The van der Waals surface area contributed by atoms with Gasteiger partial charge in [0.2, 0.25) is 11.8 Å². The molecule has 1 aliphatic rings. The van der Waals surface area contributed by atoms with E-state index in [1.54, 1.807) is 11.1 Å². The van der Waals surface area contributed by atoms with Crippen molar-refractivity contribution in [2.75, 3.05) is 26.2 Å². The Morgan fingerprint density at radius 3 is 2.41 bits per heavy atom. The van der Waals surface area contributed by atoms with E-state index in [9.17, 15) is 9.59 Å². The maximum atomic E-state index is 12.6. The molecular weight excluding hydrogens is 413 g/mol. The fourth-order valence-electron chi connectivity index (χ4n) is 3.62. The smallest absolute Gasteiger partial charge is 0.239 e. The summed E-state index contributed by atoms with van der Waals surface area (Å²) in [6.45, 7) is 7.04. The van der Waals surface area contributed by atoms with E-state index in [0.29, 0.717) is 51.5 Å². The lowest BCUT2D eigenvalue weighted by Crippen LogP contribution is -2.54. The van der Waals surface area contributed by atoms with Crippen LogP contribution in [0.4, 0.5) is 0 Å². The van der Waals surface area contributed by atoms with Crippen LogP contribution in [0.5, 0.6) is 0 Å². The summed E-state index contributed by atoms with van der Waals surface area (Å²) in [5.74, 6) is 0.521. The Hall–Kier alpha value is -1.83. The molecule has 2 aromatic heterocycles. The largest absolute Gasteiger partial charge is 0.346 e. The summed E-state index contributed by atoms with van der Waals surface area (Å²) in [5, 5.41) is 1.13. The number of hydrogen-bond acceptors (Lipinski definition) is 4. The number of piperazine rings is 1. The molecule has 162 valence electrons. The maximum Gasteiger partial charge on any atom is 0.239 e. The van der Waals surface area contributed by atoms with Crippen molar-refractivity contribution in [3.05, 3.63) is 30.7 Å². The number of carbonyl (C=O) groups excluding carboxylic acids is 2. The van der Waals surface area contributed by atoms with Crippen LogP contribution in [0.1, 0.15) is 26.7 Å². The van der Waals surface area contributed by atoms with Gasteiger partial charge in [-0.05, 0) is 24.5 Å². The summed E-state index contributed by atoms with van der Waals surface area (Å²) in [6, 6.07) is 3.56. The third-order valence-electron chi connectivity index (χ3n) is 5.13. The van der Waals surface area contributed by atoms with E-state index in [0.717, 1.165) is 10.9 Å². The van der Waals surface area contributed by atoms with Gasteiger partial charge in [-0.25, -0.2) is 0 Å². The predicted molar refractivity (Wildman–Crippen MR) is 119 cm³/mol. The Kier molecular flexibility index (Phi) is 9.89. The zero-order valence-electron chi connectivity index (χ0n) is 17.0. The van der Waals surface area contributed by atoms with E-state index in [2.05, 4.69) is 23.4 Å². The second-order valence-electron chi connectivity index (χ2n) is 7.64. The lowest BCUT2D eigenvalue weighted by atomic mass is 10.0. The average molecular weight is 444 g/mol. The molecule has 2 amide bonds. The fourth-order valence-corrected chi connectivity index (χ4v) is 3.62. The number of aryl methyl sites for hydroxylation is 1. The van der Waals surface area contributed by atoms with Crippen molar-refractivity contribution in [3.8, 4) is 0 Å². The van der Waals surface area contributed by atoms with Crippen molar-refractivity contribution in [3.63, 3.8) is 0 Å². The van der Waals surface area contributed by atoms with E-state index in [1.165, 1.54) is 0 Å². The predicted octanol–water partition coefficient (Wildman–Crippen LogP) is 2.31. The van der Waals surface area contributed by atoms with E-state index in [1.807, 2.05) is 29.4 Å². The van der Waals surface area contributed by atoms with Gasteiger partial charge in [0, 0.05) is 56.9 Å². The van der Waals surface area contributed by atoms with Crippen LogP contribution >= 0.6 is 24.8 Å². The number of amides is 2. The van der Waals surface area contributed by atoms with Crippen molar-refractivity contribution in [1.29, 1.82) is 0 Å². The molecule has 0 aromatic carbocycles. The first-order valence-electron chi connectivity index (χ1n) is 9.66. The van der Waals surface area contributed by atoms with E-state index in [4.69, 9.17) is 5.73 Å². The quantitative estimate of drug-likeness (QED) is 0.741. The third kappa shape index (κ3) is 6.32. The first kappa shape index (κ1) is 25.2. The fraction of sp³-hybridized carbons (Fsp3) is 0.550. The second-order valence-corrected chi connectivity index (χ2v) is 7.64. The number of nitrogens with two attached hydrogens (primary N) is 1. The Morgan fingerprint density at radius 2 is 1.76 bits per heavy atom. The van der Waals surface area contributed by atoms with E-state index in [-0.39, 0.29) is 36.6 Å². The first-order chi connectivity index (χ1) is 13.0. The van der Waals surface area contributed by atoms with E-state index < -0.39 is 6.04 Å². The van der Waals surface area contributed by atoms with Gasteiger partial charge in [-0.1, -0.05) is 13.8 Å². The van der Waals surface area contributed by atoms with Crippen LogP contribution in [-0.4, -0.2) is 63.4 Å². The molecule has 3 rings (SSSR count). The summed E-state index contributed by atoms with van der Waals surface area (Å²) in [6.07, 6.45) is 6.72. The van der Waals surface area contributed by atoms with Crippen LogP contribution in [0.3, 0.4) is 0 Å². The van der Waals surface area contributed by atoms with Crippen LogP contribution in [-0.2, 0) is 16.1 Å². The van der Waals surface area contributed by atoms with Gasteiger partial charge < -0.3 is 20.1 Å². The highest BCUT2D eigenvalue weighted by Gasteiger charge is 2.27. The van der Waals surface area contributed by atoms with Gasteiger partial charge in [-0.2, -0.15) is 0 Å². The van der Waals surface area contributed by atoms with Crippen LogP contribution in [0.2, 0.25) is 0 Å². The van der Waals surface area contributed by atoms with Crippen LogP contribution in [0.15, 0.2) is 30.7 Å². The Bertz CT molecular complexity index is 803. The highest BCUT2D eigenvalue weighted by Crippen LogP contribution is 2.15. The molecule has 9 heteroatoms. The average Bonchev–Trinajstić information content (AvgIpc) is 3.08. The summed E-state index contributed by atoms with van der Waals surface area (Å²) < 4.78 is 2.06. The van der Waals surface area contributed by atoms with Crippen LogP contribution < -0.4 is 5.73 Å². The van der Waals surface area contributed by atoms with Crippen molar-refractivity contribution in [1.82, 2.24) is 19.4 Å². The zero-order chi connectivity index (χ0) is 19.4. The lowest BCUT2D eigenvalue weighted by Gasteiger charge is -2.36. The molecule has 7 nitrogen and oxygen atoms in total. The van der Waals surface area contributed by atoms with Crippen molar-refractivity contribution in [2.45, 2.75) is 39.3 Å². The molecule has 0 saturated carbocycles. The number of aromatic nitrogens is 2. The van der Waals surface area contributed by atoms with Crippen molar-refractivity contribution >= 4 is 47.5 Å². The van der Waals surface area contributed by atoms with Gasteiger partial charge in [-0.15, -0.1) is 24.8 Å². The molecule has 1 atom stereocenters. The van der Waals surface area contributed by atoms with Crippen molar-refractivity contribution in [2.24, 2.45) is 11.7 Å². The van der Waals surface area contributed by atoms with Crippen molar-refractivity contribution < 1.29 is 9.59 Å². The molecule has 0 bridgehead atoms. The summed E-state index contributed by atoms with van der Waals surface area (Å²) >= 11 is 0. The van der Waals surface area contributed by atoms with E-state index >= 15 is 0 Å². The second kappa shape index (κ2) is 11.4.